The summed E-state index contributed by atoms with van der Waals surface area (Å²) in [4.78, 5) is 11.5. The maximum atomic E-state index is 11.5. The average Bonchev–Trinajstić information content (AvgIpc) is 2.95. The van der Waals surface area contributed by atoms with Crippen molar-refractivity contribution >= 4 is 11.6 Å². The number of hydrogen-bond donors (Lipinski definition) is 1. The normalized spacial score (nSPS) is 15.9. The molecule has 1 atom stereocenters. The summed E-state index contributed by atoms with van der Waals surface area (Å²) in [6.45, 7) is 1.54. The van der Waals surface area contributed by atoms with Crippen molar-refractivity contribution in [3.8, 4) is 22.3 Å². The van der Waals surface area contributed by atoms with E-state index in [0.717, 1.165) is 18.5 Å². The van der Waals surface area contributed by atoms with Gasteiger partial charge in [-0.2, -0.15) is 0 Å². The van der Waals surface area contributed by atoms with Crippen molar-refractivity contribution in [3.63, 3.8) is 0 Å². The van der Waals surface area contributed by atoms with Crippen LogP contribution in [0.1, 0.15) is 42.4 Å². The molecular formula is C36H31NO. The van der Waals surface area contributed by atoms with Crippen molar-refractivity contribution in [1.82, 2.24) is 0 Å². The lowest BCUT2D eigenvalue weighted by Gasteiger charge is -2.51. The quantitative estimate of drug-likeness (QED) is 0.251. The van der Waals surface area contributed by atoms with Gasteiger partial charge in [-0.1, -0.05) is 121 Å². The molecule has 2 heteroatoms. The zero-order valence-corrected chi connectivity index (χ0v) is 21.6. The minimum Gasteiger partial charge on any atom is -0.326 e. The fraction of sp³-hybridized carbons (Fsp3) is 0.139. The van der Waals surface area contributed by atoms with E-state index in [1.165, 1.54) is 38.9 Å². The van der Waals surface area contributed by atoms with Crippen LogP contribution in [-0.2, 0) is 10.2 Å². The van der Waals surface area contributed by atoms with Crippen LogP contribution in [0, 0.1) is 0 Å². The molecule has 1 aliphatic rings. The molecule has 0 bridgehead atoms. The molecule has 1 saturated carbocycles. The number of rotatable bonds is 6. The topological polar surface area (TPSA) is 29.1 Å². The maximum absolute atomic E-state index is 11.5. The van der Waals surface area contributed by atoms with Crippen molar-refractivity contribution in [2.75, 3.05) is 5.32 Å². The Labute approximate surface area is 225 Å². The summed E-state index contributed by atoms with van der Waals surface area (Å²) in [5.74, 6) is 0.312. The number of anilines is 1. The van der Waals surface area contributed by atoms with Gasteiger partial charge < -0.3 is 5.32 Å². The van der Waals surface area contributed by atoms with Gasteiger partial charge in [0.05, 0.1) is 0 Å². The van der Waals surface area contributed by atoms with Crippen molar-refractivity contribution in [2.24, 2.45) is 0 Å². The Kier molecular flexibility index (Phi) is 6.39. The van der Waals surface area contributed by atoms with Gasteiger partial charge in [-0.15, -0.1) is 0 Å². The van der Waals surface area contributed by atoms with Gasteiger partial charge >= 0.3 is 0 Å². The first-order valence-corrected chi connectivity index (χ1v) is 13.3. The molecule has 186 valence electrons. The summed E-state index contributed by atoms with van der Waals surface area (Å²) in [7, 11) is 0. The van der Waals surface area contributed by atoms with E-state index in [2.05, 4.69) is 127 Å². The molecule has 1 aliphatic carbocycles. The van der Waals surface area contributed by atoms with Crippen LogP contribution in [0.2, 0.25) is 0 Å². The van der Waals surface area contributed by atoms with Gasteiger partial charge in [0, 0.05) is 18.0 Å². The number of carbonyl (C=O) groups excluding carboxylic acids is 1. The van der Waals surface area contributed by atoms with E-state index in [-0.39, 0.29) is 11.3 Å². The second kappa shape index (κ2) is 10.1. The zero-order valence-electron chi connectivity index (χ0n) is 21.6. The van der Waals surface area contributed by atoms with E-state index in [0.29, 0.717) is 5.92 Å². The maximum Gasteiger partial charge on any atom is 0.221 e. The van der Waals surface area contributed by atoms with Crippen molar-refractivity contribution in [2.45, 2.75) is 31.1 Å². The Morgan fingerprint density at radius 2 is 1.05 bits per heavy atom. The molecule has 0 saturated heterocycles. The molecule has 5 aromatic rings. The van der Waals surface area contributed by atoms with Crippen LogP contribution in [0.5, 0.6) is 0 Å². The molecule has 1 amide bonds. The number of carbonyl (C=O) groups is 1. The number of hydrogen-bond acceptors (Lipinski definition) is 1. The van der Waals surface area contributed by atoms with Gasteiger partial charge in [0.25, 0.3) is 0 Å². The second-order valence-electron chi connectivity index (χ2n) is 10.3. The lowest BCUT2D eigenvalue weighted by Crippen LogP contribution is -2.43. The Morgan fingerprint density at radius 3 is 1.45 bits per heavy atom. The second-order valence-corrected chi connectivity index (χ2v) is 10.3. The first-order chi connectivity index (χ1) is 18.6. The zero-order chi connectivity index (χ0) is 26.0. The van der Waals surface area contributed by atoms with Gasteiger partial charge in [0.2, 0.25) is 5.91 Å². The summed E-state index contributed by atoms with van der Waals surface area (Å²) in [5.41, 5.74) is 9.70. The molecule has 1 N–H and O–H groups in total. The van der Waals surface area contributed by atoms with E-state index in [1.54, 1.807) is 6.92 Å². The van der Waals surface area contributed by atoms with Crippen molar-refractivity contribution < 1.29 is 4.79 Å². The molecule has 0 heterocycles. The Balaban J connectivity index is 1.40. The summed E-state index contributed by atoms with van der Waals surface area (Å²) < 4.78 is 0. The van der Waals surface area contributed by atoms with E-state index >= 15 is 0 Å². The fourth-order valence-electron chi connectivity index (χ4n) is 6.07. The predicted molar refractivity (Wildman–Crippen MR) is 157 cm³/mol. The van der Waals surface area contributed by atoms with E-state index in [1.807, 2.05) is 12.1 Å². The third-order valence-electron chi connectivity index (χ3n) is 8.07. The van der Waals surface area contributed by atoms with Gasteiger partial charge in [0.1, 0.15) is 0 Å². The molecule has 0 aromatic heterocycles. The number of nitrogens with one attached hydrogen (secondary N) is 1. The molecule has 1 fully saturated rings. The summed E-state index contributed by atoms with van der Waals surface area (Å²) in [5, 5.41) is 2.90. The molecule has 0 radical (unpaired) electrons. The summed E-state index contributed by atoms with van der Waals surface area (Å²) in [6, 6.07) is 47.9. The van der Waals surface area contributed by atoms with Crippen LogP contribution in [0.3, 0.4) is 0 Å². The van der Waals surface area contributed by atoms with Crippen LogP contribution >= 0.6 is 0 Å². The Bertz CT molecular complexity index is 1440. The van der Waals surface area contributed by atoms with Crippen LogP contribution in [0.4, 0.5) is 5.69 Å². The predicted octanol–water partition coefficient (Wildman–Crippen LogP) is 8.84. The van der Waals surface area contributed by atoms with Gasteiger partial charge in [-0.05, 0) is 69.8 Å². The fourth-order valence-corrected chi connectivity index (χ4v) is 6.07. The van der Waals surface area contributed by atoms with Crippen LogP contribution in [-0.4, -0.2) is 5.91 Å². The van der Waals surface area contributed by atoms with Gasteiger partial charge in [0.15, 0.2) is 0 Å². The first-order valence-electron chi connectivity index (χ1n) is 13.3. The third kappa shape index (κ3) is 4.43. The highest BCUT2D eigenvalue weighted by atomic mass is 16.1. The standard InChI is InChI=1S/C36H31NO/c1-26(38)37-34-22-16-31(17-23-34)35-24-25-36(35,32-18-12-29(13-19-32)27-8-4-2-5-9-27)33-20-14-30(15-21-33)28-10-6-3-7-11-28/h2-23,35H,24-25H2,1H3,(H,37,38). The highest BCUT2D eigenvalue weighted by Gasteiger charge is 2.49. The van der Waals surface area contributed by atoms with Crippen LogP contribution in [0.25, 0.3) is 22.3 Å². The Hall–Kier alpha value is -4.43. The number of amides is 1. The molecule has 2 nitrogen and oxygen atoms in total. The van der Waals surface area contributed by atoms with Gasteiger partial charge in [-0.3, -0.25) is 4.79 Å². The molecule has 6 rings (SSSR count). The average molecular weight is 494 g/mol. The first kappa shape index (κ1) is 23.9. The van der Waals surface area contributed by atoms with Crippen LogP contribution < -0.4 is 5.32 Å². The largest absolute Gasteiger partial charge is 0.326 e. The number of benzene rings is 5. The van der Waals surface area contributed by atoms with Crippen molar-refractivity contribution in [1.29, 1.82) is 0 Å². The van der Waals surface area contributed by atoms with Crippen molar-refractivity contribution in [3.05, 3.63) is 150 Å². The Morgan fingerprint density at radius 1 is 0.605 bits per heavy atom. The molecule has 1 unspecified atom stereocenters. The highest BCUT2D eigenvalue weighted by Crippen LogP contribution is 2.58. The molecule has 38 heavy (non-hydrogen) atoms. The molecule has 0 spiro atoms. The molecular weight excluding hydrogens is 462 g/mol. The van der Waals surface area contributed by atoms with E-state index < -0.39 is 0 Å². The smallest absolute Gasteiger partial charge is 0.221 e. The van der Waals surface area contributed by atoms with E-state index in [4.69, 9.17) is 0 Å². The highest BCUT2D eigenvalue weighted by molar-refractivity contribution is 5.88. The SMILES string of the molecule is CC(=O)Nc1ccc(C2CCC2(c2ccc(-c3ccccc3)cc2)c2ccc(-c3ccccc3)cc2)cc1. The third-order valence-corrected chi connectivity index (χ3v) is 8.07. The minimum absolute atomic E-state index is 0.0484. The van der Waals surface area contributed by atoms with Gasteiger partial charge in [-0.25, -0.2) is 0 Å². The lowest BCUT2D eigenvalue weighted by molar-refractivity contribution is -0.114. The lowest BCUT2D eigenvalue weighted by atomic mass is 9.51. The van der Waals surface area contributed by atoms with E-state index in [9.17, 15) is 4.79 Å². The summed E-state index contributed by atoms with van der Waals surface area (Å²) in [6.07, 6.45) is 2.22. The summed E-state index contributed by atoms with van der Waals surface area (Å²) >= 11 is 0. The molecule has 5 aromatic carbocycles. The minimum atomic E-state index is -0.0973. The molecule has 0 aliphatic heterocycles. The van der Waals surface area contributed by atoms with Crippen LogP contribution in [0.15, 0.2) is 133 Å². The monoisotopic (exact) mass is 493 g/mol.